The zero-order valence-electron chi connectivity index (χ0n) is 7.90. The molecule has 0 heterocycles. The largest absolute Gasteiger partial charge is 0.312 e. The third-order valence-electron chi connectivity index (χ3n) is 2.42. The summed E-state index contributed by atoms with van der Waals surface area (Å²) in [5.74, 6) is 0. The molecular weight excluding hydrogens is 146 g/mol. The first-order valence-corrected chi connectivity index (χ1v) is 5.05. The molecule has 1 N–H and O–H groups in total. The number of nitrogens with one attached hydrogen (secondary N) is 1. The van der Waals surface area contributed by atoms with Crippen LogP contribution in [0.15, 0.2) is 0 Å². The molecule has 74 valence electrons. The summed E-state index contributed by atoms with van der Waals surface area (Å²) in [4.78, 5) is 0. The van der Waals surface area contributed by atoms with E-state index in [2.05, 4.69) is 19.2 Å². The van der Waals surface area contributed by atoms with Crippen LogP contribution in [0.5, 0.6) is 0 Å². The van der Waals surface area contributed by atoms with Gasteiger partial charge in [0.2, 0.25) is 0 Å². The maximum atomic E-state index is 3.62. The molecule has 0 radical (unpaired) electrons. The average Bonchev–Trinajstić information content (AvgIpc) is 2.14. The molecule has 0 unspecified atom stereocenters. The fraction of sp³-hybridized carbons (Fsp3) is 1.00. The van der Waals surface area contributed by atoms with Crippen molar-refractivity contribution in [2.45, 2.75) is 71.9 Å². The minimum absolute atomic E-state index is 0. The molecule has 0 aromatic heterocycles. The lowest BCUT2D eigenvalue weighted by Gasteiger charge is -2.18. The number of rotatable bonds is 2. The van der Waals surface area contributed by atoms with E-state index in [4.69, 9.17) is 0 Å². The molecule has 0 spiro atoms. The molecule has 12 heavy (non-hydrogen) atoms. The Balaban J connectivity index is 0.00000121. The second-order valence-electron chi connectivity index (χ2n) is 4.01. The van der Waals surface area contributed by atoms with E-state index in [1.165, 1.54) is 38.5 Å². The highest BCUT2D eigenvalue weighted by Gasteiger charge is 2.11. The van der Waals surface area contributed by atoms with Crippen molar-refractivity contribution < 1.29 is 0 Å². The third kappa shape index (κ3) is 4.76. The normalized spacial score (nSPS) is 20.2. The molecule has 0 aliphatic heterocycles. The third-order valence-corrected chi connectivity index (χ3v) is 2.42. The molecule has 1 saturated carbocycles. The topological polar surface area (TPSA) is 12.0 Å². The van der Waals surface area contributed by atoms with Crippen molar-refractivity contribution in [2.75, 3.05) is 0 Å². The molecule has 1 heteroatoms. The van der Waals surface area contributed by atoms with Crippen molar-refractivity contribution in [3.05, 3.63) is 0 Å². The first kappa shape index (κ1) is 12.0. The smallest absolute Gasteiger partial charge is 0.00694 e. The standard InChI is InChI=1S/C10H21N.CH4/c1-9(2)11-10-7-5-3-4-6-8-10;/h9-11H,3-8H2,1-2H3;1H4. The van der Waals surface area contributed by atoms with Gasteiger partial charge in [0.1, 0.15) is 0 Å². The van der Waals surface area contributed by atoms with Crippen LogP contribution in [0.2, 0.25) is 0 Å². The monoisotopic (exact) mass is 171 g/mol. The van der Waals surface area contributed by atoms with Crippen LogP contribution >= 0.6 is 0 Å². The Morgan fingerprint density at radius 2 is 1.50 bits per heavy atom. The highest BCUT2D eigenvalue weighted by atomic mass is 14.9. The molecule has 0 bridgehead atoms. The van der Waals surface area contributed by atoms with Gasteiger partial charge in [-0.2, -0.15) is 0 Å². The SMILES string of the molecule is C.CC(C)NC1CCCCCC1. The van der Waals surface area contributed by atoms with E-state index in [1.807, 2.05) is 0 Å². The Morgan fingerprint density at radius 1 is 1.00 bits per heavy atom. The second-order valence-corrected chi connectivity index (χ2v) is 4.01. The number of hydrogen-bond donors (Lipinski definition) is 1. The van der Waals surface area contributed by atoms with Crippen molar-refractivity contribution >= 4 is 0 Å². The Kier molecular flexibility index (Phi) is 6.45. The maximum absolute atomic E-state index is 3.62. The summed E-state index contributed by atoms with van der Waals surface area (Å²) in [6.45, 7) is 4.48. The van der Waals surface area contributed by atoms with Gasteiger partial charge in [-0.1, -0.05) is 47.0 Å². The molecular formula is C11H25N. The van der Waals surface area contributed by atoms with Gasteiger partial charge >= 0.3 is 0 Å². The van der Waals surface area contributed by atoms with Crippen LogP contribution in [0.4, 0.5) is 0 Å². The Bertz CT molecular complexity index is 91.2. The lowest BCUT2D eigenvalue weighted by Crippen LogP contribution is -2.34. The van der Waals surface area contributed by atoms with Gasteiger partial charge in [-0.3, -0.25) is 0 Å². The molecule has 1 rings (SSSR count). The lowest BCUT2D eigenvalue weighted by molar-refractivity contribution is 0.422. The van der Waals surface area contributed by atoms with Gasteiger partial charge in [0, 0.05) is 12.1 Å². The Hall–Kier alpha value is -0.0400. The minimum atomic E-state index is 0. The van der Waals surface area contributed by atoms with Crippen molar-refractivity contribution in [2.24, 2.45) is 0 Å². The summed E-state index contributed by atoms with van der Waals surface area (Å²) >= 11 is 0. The fourth-order valence-corrected chi connectivity index (χ4v) is 1.92. The Morgan fingerprint density at radius 3 is 1.92 bits per heavy atom. The van der Waals surface area contributed by atoms with E-state index >= 15 is 0 Å². The molecule has 0 aromatic carbocycles. The van der Waals surface area contributed by atoms with Crippen molar-refractivity contribution in [1.29, 1.82) is 0 Å². The van der Waals surface area contributed by atoms with E-state index < -0.39 is 0 Å². The lowest BCUT2D eigenvalue weighted by atomic mass is 10.1. The van der Waals surface area contributed by atoms with E-state index in [0.29, 0.717) is 6.04 Å². The first-order chi connectivity index (χ1) is 5.29. The van der Waals surface area contributed by atoms with Crippen LogP contribution < -0.4 is 5.32 Å². The van der Waals surface area contributed by atoms with E-state index in [1.54, 1.807) is 0 Å². The van der Waals surface area contributed by atoms with Crippen LogP contribution in [-0.2, 0) is 0 Å². The molecule has 1 fully saturated rings. The van der Waals surface area contributed by atoms with Crippen LogP contribution in [0.1, 0.15) is 59.8 Å². The van der Waals surface area contributed by atoms with Crippen LogP contribution in [-0.4, -0.2) is 12.1 Å². The summed E-state index contributed by atoms with van der Waals surface area (Å²) in [6, 6.07) is 1.48. The predicted molar refractivity (Wildman–Crippen MR) is 56.5 cm³/mol. The molecule has 0 aromatic rings. The van der Waals surface area contributed by atoms with Gasteiger partial charge in [0.05, 0.1) is 0 Å². The summed E-state index contributed by atoms with van der Waals surface area (Å²) < 4.78 is 0. The quantitative estimate of drug-likeness (QED) is 0.628. The summed E-state index contributed by atoms with van der Waals surface area (Å²) in [5.41, 5.74) is 0. The van der Waals surface area contributed by atoms with Gasteiger partial charge in [0.25, 0.3) is 0 Å². The van der Waals surface area contributed by atoms with Gasteiger partial charge < -0.3 is 5.32 Å². The van der Waals surface area contributed by atoms with Crippen LogP contribution in [0, 0.1) is 0 Å². The van der Waals surface area contributed by atoms with E-state index in [0.717, 1.165) is 6.04 Å². The van der Waals surface area contributed by atoms with Crippen molar-refractivity contribution in [3.8, 4) is 0 Å². The average molecular weight is 171 g/mol. The summed E-state index contributed by atoms with van der Waals surface area (Å²) in [7, 11) is 0. The predicted octanol–water partition coefficient (Wildman–Crippen LogP) is 3.34. The van der Waals surface area contributed by atoms with E-state index in [-0.39, 0.29) is 7.43 Å². The van der Waals surface area contributed by atoms with Gasteiger partial charge in [-0.25, -0.2) is 0 Å². The molecule has 0 atom stereocenters. The molecule has 0 saturated heterocycles. The molecule has 1 aliphatic rings. The summed E-state index contributed by atoms with van der Waals surface area (Å²) in [6.07, 6.45) is 8.58. The van der Waals surface area contributed by atoms with Gasteiger partial charge in [0.15, 0.2) is 0 Å². The molecule has 1 nitrogen and oxygen atoms in total. The maximum Gasteiger partial charge on any atom is 0.00694 e. The summed E-state index contributed by atoms with van der Waals surface area (Å²) in [5, 5.41) is 3.62. The zero-order valence-corrected chi connectivity index (χ0v) is 7.90. The van der Waals surface area contributed by atoms with Gasteiger partial charge in [-0.05, 0) is 12.8 Å². The van der Waals surface area contributed by atoms with Crippen LogP contribution in [0.3, 0.4) is 0 Å². The highest BCUT2D eigenvalue weighted by molar-refractivity contribution is 4.71. The zero-order chi connectivity index (χ0) is 8.10. The molecule has 0 amide bonds. The molecule has 1 aliphatic carbocycles. The first-order valence-electron chi connectivity index (χ1n) is 5.05. The second kappa shape index (κ2) is 6.47. The van der Waals surface area contributed by atoms with E-state index in [9.17, 15) is 0 Å². The fourth-order valence-electron chi connectivity index (χ4n) is 1.92. The van der Waals surface area contributed by atoms with Gasteiger partial charge in [-0.15, -0.1) is 0 Å². The van der Waals surface area contributed by atoms with Crippen LogP contribution in [0.25, 0.3) is 0 Å². The highest BCUT2D eigenvalue weighted by Crippen LogP contribution is 2.17. The van der Waals surface area contributed by atoms with Crippen molar-refractivity contribution in [3.63, 3.8) is 0 Å². The number of hydrogen-bond acceptors (Lipinski definition) is 1. The Labute approximate surface area is 77.9 Å². The van der Waals surface area contributed by atoms with Crippen molar-refractivity contribution in [1.82, 2.24) is 5.32 Å². The minimum Gasteiger partial charge on any atom is -0.312 e.